The van der Waals surface area contributed by atoms with Crippen LogP contribution >= 0.6 is 46.5 Å². The molecular formula is C23H18ClN5O8S3. The van der Waals surface area contributed by atoms with Crippen molar-refractivity contribution in [2.75, 3.05) is 11.5 Å². The second-order valence-electron chi connectivity index (χ2n) is 8.42. The van der Waals surface area contributed by atoms with Gasteiger partial charge in [-0.3, -0.25) is 24.6 Å². The summed E-state index contributed by atoms with van der Waals surface area (Å²) in [6.45, 7) is 1.67. The van der Waals surface area contributed by atoms with Crippen molar-refractivity contribution in [3.8, 4) is 5.75 Å². The molecular weight excluding hydrogens is 606 g/mol. The highest BCUT2D eigenvalue weighted by molar-refractivity contribution is 8.01. The second-order valence-corrected chi connectivity index (χ2v) is 12.3. The summed E-state index contributed by atoms with van der Waals surface area (Å²) in [6, 6.07) is 5.71. The van der Waals surface area contributed by atoms with Gasteiger partial charge in [-0.05, 0) is 30.7 Å². The minimum Gasteiger partial charge on any atom is -0.484 e. The molecule has 1 aromatic carbocycles. The highest BCUT2D eigenvalue weighted by Gasteiger charge is 2.54. The standard InChI is InChI=1S/C23H18ClN5O8S3/c1-10-26-27-23(40-10)39-9-11-8-38-21-17(20(31)28(21)18(11)22(32)33)25-19(30)15-5-3-13(37-15)7-36-16-6-12(29(34)35)2-4-14(16)24/h2-6,17,21H,7-9H2,1H3,(H,25,30)(H,32,33)/t17-,21+/m0/s1. The van der Waals surface area contributed by atoms with Crippen LogP contribution in [-0.2, 0) is 16.2 Å². The molecule has 2 aromatic heterocycles. The van der Waals surface area contributed by atoms with Crippen LogP contribution in [0.25, 0.3) is 0 Å². The van der Waals surface area contributed by atoms with Crippen LogP contribution in [0.3, 0.4) is 0 Å². The van der Waals surface area contributed by atoms with Gasteiger partial charge in [-0.15, -0.1) is 22.0 Å². The molecule has 2 aliphatic rings. The number of thioether (sulfide) groups is 2. The number of nitrogens with one attached hydrogen (secondary N) is 1. The summed E-state index contributed by atoms with van der Waals surface area (Å²) >= 11 is 10.1. The van der Waals surface area contributed by atoms with Gasteiger partial charge in [0.05, 0.1) is 16.0 Å². The lowest BCUT2D eigenvalue weighted by atomic mass is 10.0. The quantitative estimate of drug-likeness (QED) is 0.145. The smallest absolute Gasteiger partial charge is 0.352 e. The fraction of sp³-hybridized carbons (Fsp3) is 0.261. The number of carbonyl (C=O) groups is 3. The molecule has 0 aliphatic carbocycles. The highest BCUT2D eigenvalue weighted by Crippen LogP contribution is 2.42. The summed E-state index contributed by atoms with van der Waals surface area (Å²) < 4.78 is 11.7. The third-order valence-electron chi connectivity index (χ3n) is 5.79. The first-order valence-electron chi connectivity index (χ1n) is 11.4. The van der Waals surface area contributed by atoms with Gasteiger partial charge in [0.1, 0.15) is 40.2 Å². The number of hydrogen-bond acceptors (Lipinski definition) is 12. The van der Waals surface area contributed by atoms with Gasteiger partial charge in [0.2, 0.25) is 0 Å². The highest BCUT2D eigenvalue weighted by atomic mass is 35.5. The molecule has 0 radical (unpaired) electrons. The molecule has 3 aromatic rings. The number of fused-ring (bicyclic) bond motifs is 1. The average Bonchev–Trinajstić information content (AvgIpc) is 3.58. The SMILES string of the molecule is Cc1nnc(SCC2=C(C(=O)O)N3C(=O)[C@H](NC(=O)c4ccc(COc5cc([N+](=O)[O-])ccc5Cl)o4)[C@H]3SC2)s1. The minimum atomic E-state index is -1.22. The lowest BCUT2D eigenvalue weighted by Crippen LogP contribution is -2.70. The molecule has 0 bridgehead atoms. The van der Waals surface area contributed by atoms with Crippen LogP contribution in [-0.4, -0.2) is 65.8 Å². The number of hydrogen-bond donors (Lipinski definition) is 2. The maximum Gasteiger partial charge on any atom is 0.352 e. The van der Waals surface area contributed by atoms with Crippen LogP contribution in [0.4, 0.5) is 5.69 Å². The molecule has 4 heterocycles. The molecule has 1 fully saturated rings. The Bertz CT molecular complexity index is 1560. The fourth-order valence-corrected chi connectivity index (χ4v) is 7.41. The number of amides is 2. The zero-order valence-corrected chi connectivity index (χ0v) is 23.6. The normalized spacial score (nSPS) is 18.2. The molecule has 1 saturated heterocycles. The monoisotopic (exact) mass is 623 g/mol. The summed E-state index contributed by atoms with van der Waals surface area (Å²) in [4.78, 5) is 49.4. The number of ether oxygens (including phenoxy) is 1. The van der Waals surface area contributed by atoms with E-state index in [1.165, 1.54) is 70.1 Å². The van der Waals surface area contributed by atoms with E-state index in [0.717, 1.165) is 5.01 Å². The number of halogens is 1. The van der Waals surface area contributed by atoms with E-state index < -0.39 is 34.1 Å². The third-order valence-corrected chi connectivity index (χ3v) is 9.50. The van der Waals surface area contributed by atoms with E-state index >= 15 is 0 Å². The number of carboxylic acids is 1. The number of rotatable bonds is 10. The van der Waals surface area contributed by atoms with E-state index in [4.69, 9.17) is 20.8 Å². The van der Waals surface area contributed by atoms with Gasteiger partial charge in [-0.1, -0.05) is 34.7 Å². The molecule has 208 valence electrons. The number of nitro benzene ring substituents is 1. The third kappa shape index (κ3) is 5.65. The van der Waals surface area contributed by atoms with Crippen molar-refractivity contribution in [2.24, 2.45) is 0 Å². The van der Waals surface area contributed by atoms with Gasteiger partial charge in [0, 0.05) is 17.6 Å². The molecule has 0 saturated carbocycles. The molecule has 2 N–H and O–H groups in total. The summed E-state index contributed by atoms with van der Waals surface area (Å²) in [5.74, 6) is -1.47. The van der Waals surface area contributed by atoms with Crippen molar-refractivity contribution in [2.45, 2.75) is 29.3 Å². The van der Waals surface area contributed by atoms with Crippen molar-refractivity contribution in [3.05, 3.63) is 73.3 Å². The predicted octanol–water partition coefficient (Wildman–Crippen LogP) is 3.72. The number of benzene rings is 1. The Morgan fingerprint density at radius 2 is 2.15 bits per heavy atom. The summed E-state index contributed by atoms with van der Waals surface area (Å²) in [7, 11) is 0. The predicted molar refractivity (Wildman–Crippen MR) is 146 cm³/mol. The summed E-state index contributed by atoms with van der Waals surface area (Å²) in [5.41, 5.74) is 0.312. The van der Waals surface area contributed by atoms with Crippen molar-refractivity contribution < 1.29 is 33.6 Å². The first-order chi connectivity index (χ1) is 19.1. The minimum absolute atomic E-state index is 0.0752. The maximum absolute atomic E-state index is 12.9. The number of carboxylic acid groups (broad SMARTS) is 1. The number of furan rings is 1. The molecule has 2 aliphatic heterocycles. The van der Waals surface area contributed by atoms with Crippen molar-refractivity contribution in [3.63, 3.8) is 0 Å². The number of nitro groups is 1. The molecule has 0 spiro atoms. The van der Waals surface area contributed by atoms with Gasteiger partial charge in [-0.25, -0.2) is 4.79 Å². The Balaban J connectivity index is 1.21. The van der Waals surface area contributed by atoms with Crippen LogP contribution in [0.15, 0.2) is 50.4 Å². The number of aliphatic carboxylic acids is 1. The van der Waals surface area contributed by atoms with Crippen LogP contribution in [0.5, 0.6) is 5.75 Å². The number of carbonyl (C=O) groups excluding carboxylic acids is 2. The van der Waals surface area contributed by atoms with E-state index in [1.807, 2.05) is 6.92 Å². The van der Waals surface area contributed by atoms with Gasteiger partial charge in [0.25, 0.3) is 17.5 Å². The summed E-state index contributed by atoms with van der Waals surface area (Å²) in [5, 5.41) is 31.8. The second kappa shape index (κ2) is 11.5. The van der Waals surface area contributed by atoms with E-state index in [0.29, 0.717) is 21.4 Å². The van der Waals surface area contributed by atoms with Crippen molar-refractivity contribution in [1.82, 2.24) is 20.4 Å². The van der Waals surface area contributed by atoms with E-state index in [9.17, 15) is 29.6 Å². The number of nitrogens with zero attached hydrogens (tertiary/aromatic N) is 4. The summed E-state index contributed by atoms with van der Waals surface area (Å²) in [6.07, 6.45) is 0. The largest absolute Gasteiger partial charge is 0.484 e. The zero-order chi connectivity index (χ0) is 28.6. The first-order valence-corrected chi connectivity index (χ1v) is 14.6. The van der Waals surface area contributed by atoms with Crippen molar-refractivity contribution >= 4 is 69.9 Å². The van der Waals surface area contributed by atoms with Gasteiger partial charge >= 0.3 is 5.97 Å². The van der Waals surface area contributed by atoms with E-state index in [-0.39, 0.29) is 40.3 Å². The van der Waals surface area contributed by atoms with Crippen LogP contribution in [0.2, 0.25) is 5.02 Å². The van der Waals surface area contributed by atoms with Crippen LogP contribution in [0.1, 0.15) is 21.3 Å². The molecule has 2 atom stereocenters. The number of aromatic nitrogens is 2. The molecule has 5 rings (SSSR count). The fourth-order valence-electron chi connectivity index (χ4n) is 3.93. The Morgan fingerprint density at radius 3 is 2.85 bits per heavy atom. The van der Waals surface area contributed by atoms with Crippen LogP contribution in [0, 0.1) is 17.0 Å². The van der Waals surface area contributed by atoms with Crippen LogP contribution < -0.4 is 10.1 Å². The maximum atomic E-state index is 12.9. The first kappa shape index (κ1) is 27.9. The Kier molecular flexibility index (Phi) is 8.02. The Labute approximate surface area is 243 Å². The van der Waals surface area contributed by atoms with E-state index in [1.54, 1.807) is 0 Å². The molecule has 13 nitrogen and oxygen atoms in total. The molecule has 40 heavy (non-hydrogen) atoms. The topological polar surface area (TPSA) is 178 Å². The number of β-lactam (4-membered cyclic amide) rings is 1. The lowest BCUT2D eigenvalue weighted by Gasteiger charge is -2.49. The molecule has 0 unspecified atom stereocenters. The van der Waals surface area contributed by atoms with Gasteiger partial charge in [0.15, 0.2) is 10.1 Å². The van der Waals surface area contributed by atoms with Gasteiger partial charge in [-0.2, -0.15) is 0 Å². The molecule has 17 heteroatoms. The Hall–Kier alpha value is -3.60. The Morgan fingerprint density at radius 1 is 1.35 bits per heavy atom. The van der Waals surface area contributed by atoms with Gasteiger partial charge < -0.3 is 19.6 Å². The lowest BCUT2D eigenvalue weighted by molar-refractivity contribution is -0.384. The number of aryl methyl sites for hydroxylation is 1. The number of non-ortho nitro benzene ring substituents is 1. The zero-order valence-electron chi connectivity index (χ0n) is 20.4. The van der Waals surface area contributed by atoms with Crippen molar-refractivity contribution in [1.29, 1.82) is 0 Å². The molecule has 2 amide bonds. The average molecular weight is 624 g/mol. The van der Waals surface area contributed by atoms with E-state index in [2.05, 4.69) is 15.5 Å².